The molecule has 1 aromatic carbocycles. The second kappa shape index (κ2) is 10.4. The molecule has 8 nitrogen and oxygen atoms in total. The van der Waals surface area contributed by atoms with E-state index in [4.69, 9.17) is 0 Å². The van der Waals surface area contributed by atoms with Crippen LogP contribution in [0.2, 0.25) is 0 Å². The number of anilines is 1. The summed E-state index contributed by atoms with van der Waals surface area (Å²) in [4.78, 5) is 37.7. The maximum absolute atomic E-state index is 14.1. The number of nitrogens with one attached hydrogen (secondary N) is 1. The molecule has 1 amide bonds. The smallest absolute Gasteiger partial charge is 0.417 e. The Balaban J connectivity index is 1.66. The van der Waals surface area contributed by atoms with Gasteiger partial charge in [-0.3, -0.25) is 14.6 Å². The number of alkyl halides is 3. The van der Waals surface area contributed by atoms with E-state index in [-0.39, 0.29) is 60.9 Å². The van der Waals surface area contributed by atoms with Gasteiger partial charge in [-0.2, -0.15) is 13.2 Å². The Morgan fingerprint density at radius 3 is 2.43 bits per heavy atom. The summed E-state index contributed by atoms with van der Waals surface area (Å²) in [5.74, 6) is -3.90. The molecule has 0 aliphatic carbocycles. The number of amides is 1. The lowest BCUT2D eigenvalue weighted by Crippen LogP contribution is -2.40. The van der Waals surface area contributed by atoms with Gasteiger partial charge < -0.3 is 15.3 Å². The average Bonchev–Trinajstić information content (AvgIpc) is 2.87. The number of carbonyl (C=O) groups is 2. The summed E-state index contributed by atoms with van der Waals surface area (Å²) in [6.45, 7) is 0.147. The Morgan fingerprint density at radius 1 is 1.05 bits per heavy atom. The SMILES string of the molecule is O=C(O)C1CCN(C(=O)c2cc(NCc3ccc(F)cc3F)nc(-c3cncc(C(F)(F)F)c3)n2)CC1. The molecule has 3 aromatic rings. The van der Waals surface area contributed by atoms with Crippen molar-refractivity contribution in [3.8, 4) is 11.4 Å². The maximum Gasteiger partial charge on any atom is 0.417 e. The number of carboxylic acids is 1. The number of carboxylic acid groups (broad SMARTS) is 1. The second-order valence-electron chi connectivity index (χ2n) is 8.42. The van der Waals surface area contributed by atoms with E-state index in [1.807, 2.05) is 0 Å². The van der Waals surface area contributed by atoms with Gasteiger partial charge in [0.25, 0.3) is 5.91 Å². The molecule has 37 heavy (non-hydrogen) atoms. The van der Waals surface area contributed by atoms with Gasteiger partial charge in [-0.1, -0.05) is 6.07 Å². The average molecular weight is 521 g/mol. The van der Waals surface area contributed by atoms with E-state index in [0.717, 1.165) is 18.3 Å². The summed E-state index contributed by atoms with van der Waals surface area (Å²) < 4.78 is 66.9. The normalized spacial score (nSPS) is 14.5. The number of benzene rings is 1. The Morgan fingerprint density at radius 2 is 1.78 bits per heavy atom. The highest BCUT2D eigenvalue weighted by molar-refractivity contribution is 5.93. The third-order valence-corrected chi connectivity index (χ3v) is 5.88. The molecule has 194 valence electrons. The zero-order chi connectivity index (χ0) is 26.7. The van der Waals surface area contributed by atoms with Crippen LogP contribution < -0.4 is 5.32 Å². The highest BCUT2D eigenvalue weighted by atomic mass is 19.4. The predicted octanol–water partition coefficient (Wildman–Crippen LogP) is 4.38. The van der Waals surface area contributed by atoms with Gasteiger partial charge in [0.05, 0.1) is 11.5 Å². The van der Waals surface area contributed by atoms with E-state index in [2.05, 4.69) is 20.3 Å². The number of piperidine rings is 1. The number of hydrogen-bond donors (Lipinski definition) is 2. The Bertz CT molecular complexity index is 1330. The monoisotopic (exact) mass is 521 g/mol. The first-order chi connectivity index (χ1) is 17.5. The first-order valence-corrected chi connectivity index (χ1v) is 11.1. The second-order valence-corrected chi connectivity index (χ2v) is 8.42. The van der Waals surface area contributed by atoms with Gasteiger partial charge in [0.2, 0.25) is 0 Å². The van der Waals surface area contributed by atoms with Gasteiger partial charge in [0.15, 0.2) is 5.82 Å². The van der Waals surface area contributed by atoms with E-state index in [0.29, 0.717) is 12.3 Å². The van der Waals surface area contributed by atoms with Gasteiger partial charge in [-0.15, -0.1) is 0 Å². The van der Waals surface area contributed by atoms with Crippen LogP contribution in [0, 0.1) is 17.6 Å². The van der Waals surface area contributed by atoms with Crippen molar-refractivity contribution >= 4 is 17.7 Å². The molecule has 1 fully saturated rings. The number of rotatable bonds is 6. The molecular formula is C24H20F5N5O3. The van der Waals surface area contributed by atoms with Crippen molar-refractivity contribution in [2.75, 3.05) is 18.4 Å². The van der Waals surface area contributed by atoms with Gasteiger partial charge in [0.1, 0.15) is 23.1 Å². The summed E-state index contributed by atoms with van der Waals surface area (Å²) in [6, 6.07) is 5.03. The van der Waals surface area contributed by atoms with Crippen molar-refractivity contribution in [1.29, 1.82) is 0 Å². The zero-order valence-electron chi connectivity index (χ0n) is 19.1. The Labute approximate surface area is 207 Å². The summed E-state index contributed by atoms with van der Waals surface area (Å²) in [7, 11) is 0. The number of aliphatic carboxylic acids is 1. The van der Waals surface area contributed by atoms with Gasteiger partial charge in [-0.05, 0) is 25.0 Å². The first-order valence-electron chi connectivity index (χ1n) is 11.1. The molecule has 1 aliphatic rings. The minimum atomic E-state index is -4.67. The van der Waals surface area contributed by atoms with E-state index in [1.54, 1.807) is 0 Å². The molecule has 0 radical (unpaired) electrons. The van der Waals surface area contributed by atoms with Crippen LogP contribution in [0.3, 0.4) is 0 Å². The van der Waals surface area contributed by atoms with Gasteiger partial charge in [-0.25, -0.2) is 18.7 Å². The van der Waals surface area contributed by atoms with Crippen LogP contribution in [0.4, 0.5) is 27.8 Å². The molecule has 0 bridgehead atoms. The quantitative estimate of drug-likeness (QED) is 0.464. The van der Waals surface area contributed by atoms with Crippen molar-refractivity contribution in [3.05, 3.63) is 71.2 Å². The highest BCUT2D eigenvalue weighted by Crippen LogP contribution is 2.31. The molecule has 2 N–H and O–H groups in total. The minimum absolute atomic E-state index is 0.00917. The molecule has 1 aliphatic heterocycles. The van der Waals surface area contributed by atoms with Crippen LogP contribution >= 0.6 is 0 Å². The molecule has 0 saturated carbocycles. The largest absolute Gasteiger partial charge is 0.481 e. The van der Waals surface area contributed by atoms with Crippen LogP contribution in [0.1, 0.15) is 34.5 Å². The highest BCUT2D eigenvalue weighted by Gasteiger charge is 2.32. The maximum atomic E-state index is 14.1. The van der Waals surface area contributed by atoms with Crippen LogP contribution in [-0.4, -0.2) is 49.9 Å². The molecule has 1 saturated heterocycles. The molecule has 4 rings (SSSR count). The lowest BCUT2D eigenvalue weighted by atomic mass is 9.97. The summed E-state index contributed by atoms with van der Waals surface area (Å²) >= 11 is 0. The Hall–Kier alpha value is -4.16. The Kier molecular flexibility index (Phi) is 7.32. The summed E-state index contributed by atoms with van der Waals surface area (Å²) in [6.07, 6.45) is -2.44. The molecule has 13 heteroatoms. The summed E-state index contributed by atoms with van der Waals surface area (Å²) in [5, 5.41) is 12.0. The fraction of sp³-hybridized carbons (Fsp3) is 0.292. The standard InChI is InChI=1S/C24H20F5N5O3/c25-17-2-1-14(18(26)8-17)11-31-20-9-19(22(35)34-5-3-13(4-6-34)23(36)37)32-21(33-20)15-7-16(12-30-10-15)24(27,28)29/h1-2,7-10,12-13H,3-6,11H2,(H,36,37)(H,31,32,33). The van der Waals surface area contributed by atoms with E-state index < -0.39 is 41.2 Å². The number of carbonyl (C=O) groups excluding carboxylic acids is 1. The fourth-order valence-corrected chi connectivity index (χ4v) is 3.84. The van der Waals surface area contributed by atoms with Crippen molar-refractivity contribution in [1.82, 2.24) is 19.9 Å². The number of pyridine rings is 1. The number of hydrogen-bond acceptors (Lipinski definition) is 6. The van der Waals surface area contributed by atoms with E-state index in [9.17, 15) is 36.6 Å². The molecule has 2 aromatic heterocycles. The zero-order valence-corrected chi connectivity index (χ0v) is 19.1. The molecule has 0 spiro atoms. The van der Waals surface area contributed by atoms with E-state index >= 15 is 0 Å². The topological polar surface area (TPSA) is 108 Å². The molecule has 0 atom stereocenters. The molecule has 3 heterocycles. The fourth-order valence-electron chi connectivity index (χ4n) is 3.84. The first kappa shape index (κ1) is 25.9. The number of aromatic nitrogens is 3. The van der Waals surface area contributed by atoms with Crippen molar-refractivity contribution in [3.63, 3.8) is 0 Å². The summed E-state index contributed by atoms with van der Waals surface area (Å²) in [5.41, 5.74) is -1.21. The number of halogens is 5. The lowest BCUT2D eigenvalue weighted by Gasteiger charge is -2.30. The molecule has 0 unspecified atom stereocenters. The van der Waals surface area contributed by atoms with E-state index in [1.165, 1.54) is 17.0 Å². The lowest BCUT2D eigenvalue weighted by molar-refractivity contribution is -0.143. The van der Waals surface area contributed by atoms with Crippen LogP contribution in [0.15, 0.2) is 42.7 Å². The van der Waals surface area contributed by atoms with Crippen molar-refractivity contribution in [2.24, 2.45) is 5.92 Å². The molecular weight excluding hydrogens is 501 g/mol. The van der Waals surface area contributed by atoms with Crippen LogP contribution in [-0.2, 0) is 17.5 Å². The minimum Gasteiger partial charge on any atom is -0.481 e. The predicted molar refractivity (Wildman–Crippen MR) is 120 cm³/mol. The van der Waals surface area contributed by atoms with Crippen LogP contribution in [0.25, 0.3) is 11.4 Å². The van der Waals surface area contributed by atoms with Gasteiger partial charge in [0, 0.05) is 55.3 Å². The van der Waals surface area contributed by atoms with Gasteiger partial charge >= 0.3 is 12.1 Å². The third kappa shape index (κ3) is 6.16. The van der Waals surface area contributed by atoms with Crippen LogP contribution in [0.5, 0.6) is 0 Å². The number of likely N-dealkylation sites (tertiary alicyclic amines) is 1. The van der Waals surface area contributed by atoms with Crippen molar-refractivity contribution in [2.45, 2.75) is 25.6 Å². The third-order valence-electron chi connectivity index (χ3n) is 5.88. The number of nitrogens with zero attached hydrogens (tertiary/aromatic N) is 4. The van der Waals surface area contributed by atoms with Crippen molar-refractivity contribution < 1.29 is 36.6 Å².